The second-order valence-corrected chi connectivity index (χ2v) is 7.10. The second kappa shape index (κ2) is 6.02. The van der Waals surface area contributed by atoms with Gasteiger partial charge in [-0.1, -0.05) is 15.9 Å². The number of rotatable bonds is 3. The largest absolute Gasteiger partial charge is 0.336 e. The lowest BCUT2D eigenvalue weighted by atomic mass is 10.1. The van der Waals surface area contributed by atoms with Crippen LogP contribution in [0.4, 0.5) is 0 Å². The van der Waals surface area contributed by atoms with Crippen LogP contribution >= 0.6 is 54.5 Å². The summed E-state index contributed by atoms with van der Waals surface area (Å²) in [4.78, 5) is 14.2. The zero-order chi connectivity index (χ0) is 13.2. The quantitative estimate of drug-likeness (QED) is 0.472. The molecule has 0 fully saturated rings. The van der Waals surface area contributed by atoms with E-state index in [-0.39, 0.29) is 11.4 Å². The van der Waals surface area contributed by atoms with Crippen molar-refractivity contribution >= 4 is 60.4 Å². The number of benzene rings is 1. The van der Waals surface area contributed by atoms with Gasteiger partial charge in [-0.15, -0.1) is 0 Å². The highest BCUT2D eigenvalue weighted by atomic mass is 127. The second-order valence-electron chi connectivity index (χ2n) is 4.43. The van der Waals surface area contributed by atoms with E-state index < -0.39 is 0 Å². The molecule has 0 N–H and O–H groups in total. The van der Waals surface area contributed by atoms with Gasteiger partial charge in [-0.3, -0.25) is 4.79 Å². The molecule has 0 aromatic heterocycles. The molecule has 2 nitrogen and oxygen atoms in total. The van der Waals surface area contributed by atoms with E-state index in [0.29, 0.717) is 5.56 Å². The van der Waals surface area contributed by atoms with Crippen LogP contribution in [0.2, 0.25) is 0 Å². The smallest absolute Gasteiger partial charge is 0.255 e. The molecule has 1 aromatic carbocycles. The predicted molar refractivity (Wildman–Crippen MR) is 86.8 cm³/mol. The molecule has 0 atom stereocenters. The fourth-order valence-electron chi connectivity index (χ4n) is 1.21. The van der Waals surface area contributed by atoms with Gasteiger partial charge < -0.3 is 4.90 Å². The Morgan fingerprint density at radius 3 is 2.59 bits per heavy atom. The van der Waals surface area contributed by atoms with Gasteiger partial charge >= 0.3 is 0 Å². The Kier molecular flexibility index (Phi) is 5.46. The van der Waals surface area contributed by atoms with Gasteiger partial charge in [0.15, 0.2) is 0 Å². The van der Waals surface area contributed by atoms with Crippen molar-refractivity contribution < 1.29 is 4.79 Å². The van der Waals surface area contributed by atoms with E-state index in [2.05, 4.69) is 54.5 Å². The van der Waals surface area contributed by atoms with Crippen LogP contribution in [-0.2, 0) is 0 Å². The van der Waals surface area contributed by atoms with E-state index in [9.17, 15) is 4.79 Å². The third-order valence-electron chi connectivity index (χ3n) is 2.70. The summed E-state index contributed by atoms with van der Waals surface area (Å²) in [5, 5.41) is 0.740. The molecule has 1 amide bonds. The van der Waals surface area contributed by atoms with E-state index in [0.717, 1.165) is 13.4 Å². The third kappa shape index (κ3) is 3.67. The first-order valence-electron chi connectivity index (χ1n) is 5.09. The topological polar surface area (TPSA) is 20.3 Å². The molecule has 5 heteroatoms. The highest BCUT2D eigenvalue weighted by Crippen LogP contribution is 2.24. The summed E-state index contributed by atoms with van der Waals surface area (Å²) < 4.78 is 1.89. The maximum Gasteiger partial charge on any atom is 0.255 e. The fraction of sp³-hybridized carbons (Fsp3) is 0.417. The Bertz CT molecular complexity index is 435. The summed E-state index contributed by atoms with van der Waals surface area (Å²) in [5.41, 5.74) is 0.492. The minimum Gasteiger partial charge on any atom is -0.336 e. The van der Waals surface area contributed by atoms with Crippen LogP contribution in [0.3, 0.4) is 0 Å². The van der Waals surface area contributed by atoms with E-state index in [1.165, 1.54) is 0 Å². The molecular weight excluding hydrogens is 461 g/mol. The molecule has 0 unspecified atom stereocenters. The van der Waals surface area contributed by atoms with Crippen LogP contribution in [-0.4, -0.2) is 28.7 Å². The molecule has 94 valence electrons. The molecule has 17 heavy (non-hydrogen) atoms. The Hall–Kier alpha value is 0.380. The molecule has 1 aromatic rings. The van der Waals surface area contributed by atoms with Gasteiger partial charge in [0.05, 0.1) is 5.56 Å². The van der Waals surface area contributed by atoms with Crippen molar-refractivity contribution in [3.05, 3.63) is 31.8 Å². The van der Waals surface area contributed by atoms with Crippen LogP contribution in [0.15, 0.2) is 22.7 Å². The molecule has 0 aliphatic rings. The molecule has 0 aliphatic carbocycles. The molecule has 0 aliphatic heterocycles. The summed E-state index contributed by atoms with van der Waals surface area (Å²) >= 11 is 9.07. The van der Waals surface area contributed by atoms with Gasteiger partial charge in [0.25, 0.3) is 5.91 Å². The van der Waals surface area contributed by atoms with Crippen LogP contribution in [0.1, 0.15) is 24.2 Å². The van der Waals surface area contributed by atoms with Crippen LogP contribution in [0.5, 0.6) is 0 Å². The molecule has 0 saturated heterocycles. The Morgan fingerprint density at radius 1 is 1.47 bits per heavy atom. The van der Waals surface area contributed by atoms with Gasteiger partial charge in [0.1, 0.15) is 0 Å². The van der Waals surface area contributed by atoms with Crippen molar-refractivity contribution in [1.82, 2.24) is 4.90 Å². The number of carbonyl (C=O) groups excluding carboxylic acids is 1. The van der Waals surface area contributed by atoms with Crippen molar-refractivity contribution in [3.8, 4) is 0 Å². The fourth-order valence-corrected chi connectivity index (χ4v) is 2.49. The minimum atomic E-state index is -0.211. The molecule has 1 rings (SSSR count). The third-order valence-corrected chi connectivity index (χ3v) is 5.43. The van der Waals surface area contributed by atoms with Gasteiger partial charge in [-0.25, -0.2) is 0 Å². The van der Waals surface area contributed by atoms with Crippen LogP contribution in [0.25, 0.3) is 0 Å². The summed E-state index contributed by atoms with van der Waals surface area (Å²) in [7, 11) is 1.83. The monoisotopic (exact) mass is 473 g/mol. The van der Waals surface area contributed by atoms with Crippen LogP contribution in [0, 0.1) is 3.57 Å². The van der Waals surface area contributed by atoms with Gasteiger partial charge in [0.2, 0.25) is 0 Å². The lowest BCUT2D eigenvalue weighted by Gasteiger charge is -2.34. The number of carbonyl (C=O) groups is 1. The standard InChI is InChI=1S/C12H14Br2INO/c1-12(2,7-13)16(3)11(17)9-6-8(15)4-5-10(9)14/h4-6H,7H2,1-3H3. The zero-order valence-electron chi connectivity index (χ0n) is 9.93. The van der Waals surface area contributed by atoms with Crippen molar-refractivity contribution in [3.63, 3.8) is 0 Å². The SMILES string of the molecule is CN(C(=O)c1cc(I)ccc1Br)C(C)(C)CBr. The van der Waals surface area contributed by atoms with Gasteiger partial charge in [-0.05, 0) is 70.6 Å². The molecule has 0 spiro atoms. The average Bonchev–Trinajstić information content (AvgIpc) is 2.30. The highest BCUT2D eigenvalue weighted by Gasteiger charge is 2.28. The number of nitrogens with zero attached hydrogens (tertiary/aromatic N) is 1. The summed E-state index contributed by atoms with van der Waals surface area (Å²) in [5.74, 6) is 0.0276. The Balaban J connectivity index is 3.08. The van der Waals surface area contributed by atoms with Crippen molar-refractivity contribution in [2.75, 3.05) is 12.4 Å². The van der Waals surface area contributed by atoms with Crippen molar-refractivity contribution in [1.29, 1.82) is 0 Å². The normalized spacial score (nSPS) is 11.4. The Labute approximate surface area is 133 Å². The molecule has 0 heterocycles. The van der Waals surface area contributed by atoms with Gasteiger partial charge in [-0.2, -0.15) is 0 Å². The molecule has 0 radical (unpaired) electrons. The minimum absolute atomic E-state index is 0.0276. The maximum absolute atomic E-state index is 12.4. The summed E-state index contributed by atoms with van der Waals surface area (Å²) in [6, 6.07) is 5.77. The van der Waals surface area contributed by atoms with E-state index in [4.69, 9.17) is 0 Å². The first-order chi connectivity index (χ1) is 7.79. The zero-order valence-corrected chi connectivity index (χ0v) is 15.3. The van der Waals surface area contributed by atoms with Crippen molar-refractivity contribution in [2.24, 2.45) is 0 Å². The average molecular weight is 475 g/mol. The maximum atomic E-state index is 12.4. The first-order valence-corrected chi connectivity index (χ1v) is 8.08. The number of halogens is 3. The lowest BCUT2D eigenvalue weighted by molar-refractivity contribution is 0.0662. The molecular formula is C12H14Br2INO. The molecule has 0 saturated carbocycles. The van der Waals surface area contributed by atoms with E-state index >= 15 is 0 Å². The number of hydrogen-bond donors (Lipinski definition) is 0. The summed E-state index contributed by atoms with van der Waals surface area (Å²) in [6.07, 6.45) is 0. The molecule has 0 bridgehead atoms. The highest BCUT2D eigenvalue weighted by molar-refractivity contribution is 14.1. The van der Waals surface area contributed by atoms with E-state index in [1.807, 2.05) is 39.1 Å². The number of hydrogen-bond acceptors (Lipinski definition) is 1. The first kappa shape index (κ1) is 15.4. The van der Waals surface area contributed by atoms with E-state index in [1.54, 1.807) is 4.90 Å². The Morgan fingerprint density at radius 2 is 2.06 bits per heavy atom. The number of amides is 1. The lowest BCUT2D eigenvalue weighted by Crippen LogP contribution is -2.46. The van der Waals surface area contributed by atoms with Crippen LogP contribution < -0.4 is 0 Å². The summed E-state index contributed by atoms with van der Waals surface area (Å²) in [6.45, 7) is 4.06. The number of alkyl halides is 1. The van der Waals surface area contributed by atoms with Crippen molar-refractivity contribution in [2.45, 2.75) is 19.4 Å². The van der Waals surface area contributed by atoms with Gasteiger partial charge in [0, 0.05) is 26.0 Å². The predicted octanol–water partition coefficient (Wildman–Crippen LogP) is 4.30.